The van der Waals surface area contributed by atoms with Crippen molar-refractivity contribution in [2.45, 2.75) is 45.1 Å². The van der Waals surface area contributed by atoms with E-state index in [0.717, 1.165) is 17.7 Å². The van der Waals surface area contributed by atoms with Gasteiger partial charge in [-0.05, 0) is 19.8 Å². The number of esters is 1. The molecule has 1 aliphatic heterocycles. The van der Waals surface area contributed by atoms with E-state index in [1.54, 1.807) is 0 Å². The third kappa shape index (κ3) is 2.66. The summed E-state index contributed by atoms with van der Waals surface area (Å²) >= 11 is 0. The number of imide groups is 1. The van der Waals surface area contributed by atoms with Crippen molar-refractivity contribution in [1.29, 1.82) is 0 Å². The number of rotatable bonds is 4. The molecule has 0 N–H and O–H groups in total. The largest absolute Gasteiger partial charge is 0.458 e. The molecule has 0 spiro atoms. The highest BCUT2D eigenvalue weighted by Gasteiger charge is 2.51. The van der Waals surface area contributed by atoms with Crippen molar-refractivity contribution in [1.82, 2.24) is 4.90 Å². The van der Waals surface area contributed by atoms with Gasteiger partial charge in [-0.3, -0.25) is 14.5 Å². The molecular formula is C13H17F2NO4. The van der Waals surface area contributed by atoms with Crippen molar-refractivity contribution in [3.63, 3.8) is 0 Å². The van der Waals surface area contributed by atoms with Crippen LogP contribution in [0.3, 0.4) is 0 Å². The van der Waals surface area contributed by atoms with E-state index in [2.05, 4.69) is 4.74 Å². The zero-order valence-electron chi connectivity index (χ0n) is 11.2. The summed E-state index contributed by atoms with van der Waals surface area (Å²) in [6.07, 6.45) is 0.296. The number of hydrogen-bond acceptors (Lipinski definition) is 4. The number of fused-ring (bicyclic) bond motifs is 1. The topological polar surface area (TPSA) is 63.7 Å². The van der Waals surface area contributed by atoms with Crippen molar-refractivity contribution >= 4 is 17.8 Å². The minimum atomic E-state index is -2.77. The van der Waals surface area contributed by atoms with Gasteiger partial charge in [0.25, 0.3) is 6.43 Å². The van der Waals surface area contributed by atoms with Crippen LogP contribution in [0.2, 0.25) is 0 Å². The van der Waals surface area contributed by atoms with E-state index in [-0.39, 0.29) is 23.7 Å². The highest BCUT2D eigenvalue weighted by atomic mass is 19.3. The summed E-state index contributed by atoms with van der Waals surface area (Å²) in [5, 5.41) is 0. The van der Waals surface area contributed by atoms with Gasteiger partial charge in [-0.1, -0.05) is 12.8 Å². The van der Waals surface area contributed by atoms with E-state index in [1.165, 1.54) is 6.92 Å². The number of alkyl halides is 2. The Hall–Kier alpha value is -1.53. The smallest absolute Gasteiger partial charge is 0.329 e. The molecule has 2 amide bonds. The Kier molecular flexibility index (Phi) is 4.35. The lowest BCUT2D eigenvalue weighted by Crippen LogP contribution is -2.44. The van der Waals surface area contributed by atoms with Crippen molar-refractivity contribution in [2.24, 2.45) is 11.8 Å². The van der Waals surface area contributed by atoms with Crippen molar-refractivity contribution in [3.05, 3.63) is 0 Å². The average molecular weight is 289 g/mol. The third-order valence-corrected chi connectivity index (χ3v) is 3.96. The maximum atomic E-state index is 12.2. The number of amides is 2. The molecule has 1 heterocycles. The molecule has 0 radical (unpaired) electrons. The van der Waals surface area contributed by atoms with Gasteiger partial charge in [-0.15, -0.1) is 0 Å². The van der Waals surface area contributed by atoms with E-state index >= 15 is 0 Å². The molecular weight excluding hydrogens is 272 g/mol. The first-order valence-electron chi connectivity index (χ1n) is 6.75. The summed E-state index contributed by atoms with van der Waals surface area (Å²) < 4.78 is 28.4. The van der Waals surface area contributed by atoms with Crippen LogP contribution in [0.5, 0.6) is 0 Å². The van der Waals surface area contributed by atoms with Gasteiger partial charge in [0.05, 0.1) is 11.8 Å². The quantitative estimate of drug-likeness (QED) is 0.579. The molecule has 2 rings (SSSR count). The number of halogens is 2. The number of nitrogens with zero attached hydrogens (tertiary/aromatic N) is 1. The predicted molar refractivity (Wildman–Crippen MR) is 63.7 cm³/mol. The fourth-order valence-electron chi connectivity index (χ4n) is 2.94. The van der Waals surface area contributed by atoms with Crippen LogP contribution in [0.25, 0.3) is 0 Å². The summed E-state index contributed by atoms with van der Waals surface area (Å²) in [5.74, 6) is -2.43. The van der Waals surface area contributed by atoms with Gasteiger partial charge in [-0.2, -0.15) is 0 Å². The zero-order valence-corrected chi connectivity index (χ0v) is 11.2. The fourth-order valence-corrected chi connectivity index (χ4v) is 2.94. The SMILES string of the molecule is C[C@@H](C(=O)OCC(F)F)N1C(=O)C2CCCCC2C1=O. The van der Waals surface area contributed by atoms with Crippen LogP contribution < -0.4 is 0 Å². The monoisotopic (exact) mass is 289 g/mol. The molecule has 2 aliphatic rings. The number of likely N-dealkylation sites (tertiary alicyclic amines) is 1. The lowest BCUT2D eigenvalue weighted by molar-refractivity contribution is -0.160. The first kappa shape index (κ1) is 14.9. The van der Waals surface area contributed by atoms with E-state index < -0.39 is 25.0 Å². The second-order valence-electron chi connectivity index (χ2n) is 5.24. The Morgan fingerprint density at radius 1 is 1.25 bits per heavy atom. The normalized spacial score (nSPS) is 27.7. The van der Waals surface area contributed by atoms with E-state index in [9.17, 15) is 23.2 Å². The van der Waals surface area contributed by atoms with Crippen molar-refractivity contribution in [2.75, 3.05) is 6.61 Å². The van der Waals surface area contributed by atoms with Crippen molar-refractivity contribution < 1.29 is 27.9 Å². The number of ether oxygens (including phenoxy) is 1. The highest BCUT2D eigenvalue weighted by Crippen LogP contribution is 2.38. The summed E-state index contributed by atoms with van der Waals surface area (Å²) in [5.41, 5.74) is 0. The van der Waals surface area contributed by atoms with Gasteiger partial charge in [0.2, 0.25) is 11.8 Å². The van der Waals surface area contributed by atoms with Crippen LogP contribution in [-0.2, 0) is 19.1 Å². The Bertz CT molecular complexity index is 403. The van der Waals surface area contributed by atoms with E-state index in [0.29, 0.717) is 12.8 Å². The second kappa shape index (κ2) is 5.85. The third-order valence-electron chi connectivity index (χ3n) is 3.96. The lowest BCUT2D eigenvalue weighted by atomic mass is 9.81. The molecule has 3 atom stereocenters. The van der Waals surface area contributed by atoms with Gasteiger partial charge < -0.3 is 4.74 Å². The minimum Gasteiger partial charge on any atom is -0.458 e. The number of carbonyl (C=O) groups excluding carboxylic acids is 3. The minimum absolute atomic E-state index is 0.360. The molecule has 1 aliphatic carbocycles. The molecule has 20 heavy (non-hydrogen) atoms. The Morgan fingerprint density at radius 3 is 2.20 bits per heavy atom. The molecule has 1 saturated carbocycles. The molecule has 1 saturated heterocycles. The van der Waals surface area contributed by atoms with Gasteiger partial charge in [0.1, 0.15) is 6.04 Å². The summed E-state index contributed by atoms with van der Waals surface area (Å²) in [6, 6.07) is -1.14. The van der Waals surface area contributed by atoms with Crippen LogP contribution in [-0.4, -0.2) is 41.8 Å². The molecule has 0 aromatic rings. The summed E-state index contributed by atoms with van der Waals surface area (Å²) in [4.78, 5) is 36.9. The van der Waals surface area contributed by atoms with Crippen LogP contribution in [0.15, 0.2) is 0 Å². The van der Waals surface area contributed by atoms with Crippen LogP contribution in [0.4, 0.5) is 8.78 Å². The molecule has 0 bridgehead atoms. The Morgan fingerprint density at radius 2 is 1.75 bits per heavy atom. The number of hydrogen-bond donors (Lipinski definition) is 0. The summed E-state index contributed by atoms with van der Waals surface area (Å²) in [6.45, 7) is 0.313. The standard InChI is InChI=1S/C13H17F2NO4/c1-7(13(19)20-6-10(14)15)16-11(17)8-4-2-3-5-9(8)12(16)18/h7-10H,2-6H2,1H3/t7-,8?,9?/m0/s1. The lowest BCUT2D eigenvalue weighted by Gasteiger charge is -2.21. The van der Waals surface area contributed by atoms with Crippen LogP contribution in [0, 0.1) is 11.8 Å². The number of carbonyl (C=O) groups is 3. The maximum absolute atomic E-state index is 12.2. The average Bonchev–Trinajstić information content (AvgIpc) is 2.68. The second-order valence-corrected chi connectivity index (χ2v) is 5.24. The van der Waals surface area contributed by atoms with E-state index in [1.807, 2.05) is 0 Å². The van der Waals surface area contributed by atoms with E-state index in [4.69, 9.17) is 0 Å². The predicted octanol–water partition coefficient (Wildman–Crippen LogP) is 1.36. The van der Waals surface area contributed by atoms with Crippen LogP contribution >= 0.6 is 0 Å². The molecule has 2 unspecified atom stereocenters. The Labute approximate surface area is 115 Å². The van der Waals surface area contributed by atoms with Gasteiger partial charge >= 0.3 is 5.97 Å². The Balaban J connectivity index is 2.05. The molecule has 0 aromatic carbocycles. The van der Waals surface area contributed by atoms with Gasteiger partial charge in [-0.25, -0.2) is 13.6 Å². The first-order valence-corrected chi connectivity index (χ1v) is 6.75. The van der Waals surface area contributed by atoms with Crippen LogP contribution in [0.1, 0.15) is 32.6 Å². The molecule has 112 valence electrons. The highest BCUT2D eigenvalue weighted by molar-refractivity contribution is 6.07. The van der Waals surface area contributed by atoms with Crippen molar-refractivity contribution in [3.8, 4) is 0 Å². The molecule has 2 fully saturated rings. The summed E-state index contributed by atoms with van der Waals surface area (Å²) in [7, 11) is 0. The molecule has 5 nitrogen and oxygen atoms in total. The first-order chi connectivity index (χ1) is 9.43. The fraction of sp³-hybridized carbons (Fsp3) is 0.769. The van der Waals surface area contributed by atoms with Gasteiger partial charge in [0.15, 0.2) is 6.61 Å². The molecule has 0 aromatic heterocycles. The van der Waals surface area contributed by atoms with Gasteiger partial charge in [0, 0.05) is 0 Å². The zero-order chi connectivity index (χ0) is 14.9. The maximum Gasteiger partial charge on any atom is 0.329 e. The molecule has 7 heteroatoms.